The van der Waals surface area contributed by atoms with E-state index in [1.807, 2.05) is 42.6 Å². The molecule has 1 aliphatic heterocycles. The summed E-state index contributed by atoms with van der Waals surface area (Å²) < 4.78 is 2.12. The smallest absolute Gasteiger partial charge is 0.323 e. The number of fused-ring (bicyclic) bond motifs is 2. The van der Waals surface area contributed by atoms with Crippen LogP contribution < -0.4 is 0 Å². The number of para-hydroxylation sites is 1. The van der Waals surface area contributed by atoms with Gasteiger partial charge in [0.2, 0.25) is 0 Å². The average molecular weight is 442 g/mol. The first-order valence-corrected chi connectivity index (χ1v) is 10.8. The maximum atomic E-state index is 12.6. The number of benzene rings is 3. The molecule has 6 nitrogen and oxygen atoms in total. The molecule has 1 N–H and O–H groups in total. The summed E-state index contributed by atoms with van der Waals surface area (Å²) >= 11 is 0.768. The number of carboxylic acid groups (broad SMARTS) is 1. The maximum Gasteiger partial charge on any atom is 0.323 e. The number of aliphatic carboxylic acids is 1. The van der Waals surface area contributed by atoms with E-state index >= 15 is 0 Å². The lowest BCUT2D eigenvalue weighted by molar-refractivity contribution is -0.140. The van der Waals surface area contributed by atoms with Gasteiger partial charge < -0.3 is 9.67 Å². The summed E-state index contributed by atoms with van der Waals surface area (Å²) in [4.78, 5) is 36.6. The van der Waals surface area contributed by atoms with Gasteiger partial charge in [-0.1, -0.05) is 54.6 Å². The van der Waals surface area contributed by atoms with Gasteiger partial charge in [0.1, 0.15) is 6.54 Å². The van der Waals surface area contributed by atoms with Crippen molar-refractivity contribution in [1.82, 2.24) is 9.47 Å². The Labute approximate surface area is 187 Å². The molecule has 1 fully saturated rings. The molecule has 158 valence electrons. The Morgan fingerprint density at radius 1 is 0.969 bits per heavy atom. The van der Waals surface area contributed by atoms with Gasteiger partial charge in [-0.2, -0.15) is 0 Å². The van der Waals surface area contributed by atoms with E-state index < -0.39 is 23.7 Å². The van der Waals surface area contributed by atoms with Crippen LogP contribution in [0.15, 0.2) is 77.8 Å². The molecule has 2 heterocycles. The molecule has 0 saturated carbocycles. The fraction of sp³-hybridized carbons (Fsp3) is 0.0800. The Morgan fingerprint density at radius 2 is 1.72 bits per heavy atom. The van der Waals surface area contributed by atoms with Crippen molar-refractivity contribution in [3.05, 3.63) is 89.0 Å². The Hall–Kier alpha value is -3.84. The highest BCUT2D eigenvalue weighted by Crippen LogP contribution is 2.34. The molecule has 5 rings (SSSR count). The van der Waals surface area contributed by atoms with E-state index in [1.54, 1.807) is 6.08 Å². The lowest BCUT2D eigenvalue weighted by Gasteiger charge is -2.07. The summed E-state index contributed by atoms with van der Waals surface area (Å²) in [6, 6.07) is 22.5. The molecule has 1 aliphatic rings. The number of carbonyl (C=O) groups excluding carboxylic acids is 2. The fourth-order valence-electron chi connectivity index (χ4n) is 3.97. The van der Waals surface area contributed by atoms with E-state index in [9.17, 15) is 14.4 Å². The lowest BCUT2D eigenvalue weighted by Crippen LogP contribution is -2.33. The molecule has 1 saturated heterocycles. The van der Waals surface area contributed by atoms with E-state index in [1.165, 1.54) is 10.8 Å². The molecule has 4 aromatic rings. The predicted molar refractivity (Wildman–Crippen MR) is 125 cm³/mol. The van der Waals surface area contributed by atoms with Crippen molar-refractivity contribution in [2.45, 2.75) is 6.54 Å². The van der Waals surface area contributed by atoms with Gasteiger partial charge >= 0.3 is 5.97 Å². The third-order valence-corrected chi connectivity index (χ3v) is 6.35. The van der Waals surface area contributed by atoms with Gasteiger partial charge in [0.05, 0.1) is 4.91 Å². The van der Waals surface area contributed by atoms with Gasteiger partial charge in [0.25, 0.3) is 11.1 Å². The summed E-state index contributed by atoms with van der Waals surface area (Å²) in [6.07, 6.45) is 3.64. The standard InChI is InChI=1S/C25H18N2O4S/c28-23(29)15-27-24(30)22(32-25(27)31)12-19-14-26(21-8-4-3-7-20(19)21)13-16-9-10-17-5-1-2-6-18(17)11-16/h1-12,14H,13,15H2,(H,28,29)/b22-12+. The van der Waals surface area contributed by atoms with Crippen LogP contribution in [0.1, 0.15) is 11.1 Å². The zero-order valence-electron chi connectivity index (χ0n) is 16.9. The monoisotopic (exact) mass is 442 g/mol. The normalized spacial score (nSPS) is 15.4. The van der Waals surface area contributed by atoms with Crippen LogP contribution in [0.2, 0.25) is 0 Å². The second-order valence-electron chi connectivity index (χ2n) is 7.57. The molecular formula is C25H18N2O4S. The van der Waals surface area contributed by atoms with Crippen LogP contribution in [0.3, 0.4) is 0 Å². The topological polar surface area (TPSA) is 79.6 Å². The van der Waals surface area contributed by atoms with Gasteiger partial charge in [0.15, 0.2) is 0 Å². The predicted octanol–water partition coefficient (Wildman–Crippen LogP) is 4.96. The van der Waals surface area contributed by atoms with Gasteiger partial charge in [0, 0.05) is 29.2 Å². The third kappa shape index (κ3) is 3.67. The number of amides is 2. The largest absolute Gasteiger partial charge is 0.480 e. The number of carboxylic acids is 1. The van der Waals surface area contributed by atoms with Crippen LogP contribution in [0.4, 0.5) is 4.79 Å². The second-order valence-corrected chi connectivity index (χ2v) is 8.57. The molecule has 0 bridgehead atoms. The Morgan fingerprint density at radius 3 is 2.53 bits per heavy atom. The highest BCUT2D eigenvalue weighted by molar-refractivity contribution is 8.18. The zero-order valence-corrected chi connectivity index (χ0v) is 17.7. The van der Waals surface area contributed by atoms with E-state index in [2.05, 4.69) is 34.9 Å². The van der Waals surface area contributed by atoms with Crippen LogP contribution in [-0.2, 0) is 16.1 Å². The van der Waals surface area contributed by atoms with E-state index in [0.29, 0.717) is 6.54 Å². The molecule has 2 amide bonds. The second kappa shape index (κ2) is 8.01. The number of hydrogen-bond donors (Lipinski definition) is 1. The molecule has 7 heteroatoms. The molecule has 3 aromatic carbocycles. The zero-order chi connectivity index (χ0) is 22.2. The summed E-state index contributed by atoms with van der Waals surface area (Å²) in [6.45, 7) is 0.0193. The van der Waals surface area contributed by atoms with Crippen LogP contribution in [0, 0.1) is 0 Å². The maximum absolute atomic E-state index is 12.6. The number of carbonyl (C=O) groups is 3. The van der Waals surface area contributed by atoms with Crippen molar-refractivity contribution in [3.63, 3.8) is 0 Å². The first-order valence-electron chi connectivity index (χ1n) is 10.0. The summed E-state index contributed by atoms with van der Waals surface area (Å²) in [5.41, 5.74) is 2.97. The van der Waals surface area contributed by atoms with E-state index in [4.69, 9.17) is 5.11 Å². The Balaban J connectivity index is 1.51. The molecule has 32 heavy (non-hydrogen) atoms. The van der Waals surface area contributed by atoms with Crippen LogP contribution >= 0.6 is 11.8 Å². The molecule has 0 unspecified atom stereocenters. The first kappa shape index (κ1) is 20.1. The first-order chi connectivity index (χ1) is 15.5. The van der Waals surface area contributed by atoms with Crippen LogP contribution in [0.25, 0.3) is 27.8 Å². The summed E-state index contributed by atoms with van der Waals surface area (Å²) in [5, 5.41) is 11.7. The molecule has 1 aromatic heterocycles. The molecule has 0 aliphatic carbocycles. The molecule has 0 atom stereocenters. The van der Waals surface area contributed by atoms with Gasteiger partial charge in [-0.25, -0.2) is 0 Å². The highest BCUT2D eigenvalue weighted by Gasteiger charge is 2.36. The minimum atomic E-state index is -1.22. The number of thioether (sulfide) groups is 1. The number of hydrogen-bond acceptors (Lipinski definition) is 4. The fourth-order valence-corrected chi connectivity index (χ4v) is 4.80. The lowest BCUT2D eigenvalue weighted by atomic mass is 10.1. The third-order valence-electron chi connectivity index (χ3n) is 5.44. The van der Waals surface area contributed by atoms with Crippen molar-refractivity contribution >= 4 is 56.6 Å². The summed E-state index contributed by atoms with van der Waals surface area (Å²) in [5.74, 6) is -1.80. The minimum absolute atomic E-state index is 0.227. The number of imide groups is 1. The molecule has 0 spiro atoms. The number of aromatic nitrogens is 1. The Bertz CT molecular complexity index is 1440. The van der Waals surface area contributed by atoms with Crippen molar-refractivity contribution in [2.75, 3.05) is 6.54 Å². The van der Waals surface area contributed by atoms with E-state index in [-0.39, 0.29) is 4.91 Å². The number of rotatable bonds is 5. The molecule has 0 radical (unpaired) electrons. The van der Waals surface area contributed by atoms with Gasteiger partial charge in [-0.05, 0) is 46.3 Å². The van der Waals surface area contributed by atoms with Gasteiger partial charge in [-0.15, -0.1) is 0 Å². The van der Waals surface area contributed by atoms with Gasteiger partial charge in [-0.3, -0.25) is 19.3 Å². The summed E-state index contributed by atoms with van der Waals surface area (Å²) in [7, 11) is 0. The average Bonchev–Trinajstić information content (AvgIpc) is 3.25. The van der Waals surface area contributed by atoms with Crippen molar-refractivity contribution < 1.29 is 19.5 Å². The minimum Gasteiger partial charge on any atom is -0.480 e. The van der Waals surface area contributed by atoms with E-state index in [0.717, 1.165) is 38.7 Å². The van der Waals surface area contributed by atoms with Crippen LogP contribution in [0.5, 0.6) is 0 Å². The quantitative estimate of drug-likeness (QED) is 0.442. The van der Waals surface area contributed by atoms with Crippen LogP contribution in [-0.4, -0.2) is 38.2 Å². The highest BCUT2D eigenvalue weighted by atomic mass is 32.2. The SMILES string of the molecule is O=C(O)CN1C(=O)S/C(=C/c2cn(Cc3ccc4ccccc4c3)c3ccccc23)C1=O. The van der Waals surface area contributed by atoms with Crippen molar-refractivity contribution in [1.29, 1.82) is 0 Å². The number of nitrogens with zero attached hydrogens (tertiary/aromatic N) is 2. The molecular weight excluding hydrogens is 424 g/mol. The van der Waals surface area contributed by atoms with Crippen molar-refractivity contribution in [2.24, 2.45) is 0 Å². The van der Waals surface area contributed by atoms with Crippen molar-refractivity contribution in [3.8, 4) is 0 Å². The Kier molecular flexibility index (Phi) is 5.03.